The number of hydrogen-bond donors (Lipinski definition) is 4. The molecular formula is C13H17ClN4O3. The fourth-order valence-electron chi connectivity index (χ4n) is 1.52. The van der Waals surface area contributed by atoms with Crippen molar-refractivity contribution in [3.63, 3.8) is 0 Å². The largest absolute Gasteiger partial charge is 0.352 e. The summed E-state index contributed by atoms with van der Waals surface area (Å²) in [6.45, 7) is 0.411. The minimum atomic E-state index is -0.591. The number of carbonyl (C=O) groups excluding carboxylic acids is 3. The van der Waals surface area contributed by atoms with Crippen LogP contribution in [-0.4, -0.2) is 24.4 Å². The molecule has 0 radical (unpaired) electrons. The summed E-state index contributed by atoms with van der Waals surface area (Å²) in [5, 5.41) is 2.73. The Balaban J connectivity index is 2.22. The molecule has 0 atom stereocenters. The summed E-state index contributed by atoms with van der Waals surface area (Å²) in [5.41, 5.74) is 9.76. The maximum absolute atomic E-state index is 11.7. The summed E-state index contributed by atoms with van der Waals surface area (Å²) in [6.07, 6.45) is 1.41. The second-order valence-electron chi connectivity index (χ2n) is 4.23. The molecule has 4 amide bonds. The number of hydrazine groups is 1. The van der Waals surface area contributed by atoms with Gasteiger partial charge in [-0.15, -0.1) is 0 Å². The van der Waals surface area contributed by atoms with Gasteiger partial charge in [-0.25, -0.2) is 4.79 Å². The van der Waals surface area contributed by atoms with Gasteiger partial charge in [0, 0.05) is 13.0 Å². The van der Waals surface area contributed by atoms with Gasteiger partial charge in [-0.3, -0.25) is 20.4 Å². The number of nitrogens with two attached hydrogens (primary N) is 1. The first-order valence-electron chi connectivity index (χ1n) is 6.37. The van der Waals surface area contributed by atoms with Crippen molar-refractivity contribution in [2.45, 2.75) is 19.3 Å². The van der Waals surface area contributed by atoms with E-state index in [0.717, 1.165) is 0 Å². The van der Waals surface area contributed by atoms with Crippen molar-refractivity contribution in [2.75, 3.05) is 6.54 Å². The molecule has 0 aliphatic carbocycles. The van der Waals surface area contributed by atoms with Crippen LogP contribution in [0.2, 0.25) is 5.02 Å². The SMILES string of the molecule is NC(=O)NCCCCC(=O)NNC(=O)c1ccccc1Cl. The number of rotatable bonds is 6. The predicted octanol–water partition coefficient (Wildman–Crippen LogP) is 0.940. The van der Waals surface area contributed by atoms with Gasteiger partial charge in [0.15, 0.2) is 0 Å². The first-order valence-corrected chi connectivity index (χ1v) is 6.75. The third-order valence-corrected chi connectivity index (χ3v) is 2.89. The molecule has 5 N–H and O–H groups in total. The van der Waals surface area contributed by atoms with Crippen molar-refractivity contribution in [2.24, 2.45) is 5.73 Å². The quantitative estimate of drug-likeness (QED) is 0.463. The normalized spacial score (nSPS) is 9.76. The van der Waals surface area contributed by atoms with Crippen LogP contribution < -0.4 is 21.9 Å². The minimum absolute atomic E-state index is 0.225. The van der Waals surface area contributed by atoms with Crippen molar-refractivity contribution < 1.29 is 14.4 Å². The highest BCUT2D eigenvalue weighted by Crippen LogP contribution is 2.14. The number of nitrogens with one attached hydrogen (secondary N) is 3. The third kappa shape index (κ3) is 6.62. The third-order valence-electron chi connectivity index (χ3n) is 2.56. The summed E-state index contributed by atoms with van der Waals surface area (Å²) in [7, 11) is 0. The van der Waals surface area contributed by atoms with Gasteiger partial charge in [-0.2, -0.15) is 0 Å². The lowest BCUT2D eigenvalue weighted by atomic mass is 10.2. The van der Waals surface area contributed by atoms with E-state index < -0.39 is 11.9 Å². The van der Waals surface area contributed by atoms with Crippen LogP contribution in [0.3, 0.4) is 0 Å². The molecule has 0 aromatic heterocycles. The average Bonchev–Trinajstić information content (AvgIpc) is 2.44. The summed E-state index contributed by atoms with van der Waals surface area (Å²) in [5.74, 6) is -0.807. The highest BCUT2D eigenvalue weighted by molar-refractivity contribution is 6.33. The summed E-state index contributed by atoms with van der Waals surface area (Å²) in [6, 6.07) is 5.93. The highest BCUT2D eigenvalue weighted by atomic mass is 35.5. The molecule has 1 aromatic carbocycles. The van der Waals surface area contributed by atoms with E-state index in [1.807, 2.05) is 0 Å². The van der Waals surface area contributed by atoms with Gasteiger partial charge in [-0.1, -0.05) is 23.7 Å². The molecule has 8 heteroatoms. The van der Waals surface area contributed by atoms with Gasteiger partial charge in [0.1, 0.15) is 0 Å². The van der Waals surface area contributed by atoms with Gasteiger partial charge in [0.25, 0.3) is 5.91 Å². The Morgan fingerprint density at radius 2 is 1.81 bits per heavy atom. The van der Waals surface area contributed by atoms with Gasteiger partial charge >= 0.3 is 6.03 Å². The van der Waals surface area contributed by atoms with Crippen molar-refractivity contribution in [3.8, 4) is 0 Å². The van der Waals surface area contributed by atoms with Gasteiger partial charge in [0.05, 0.1) is 10.6 Å². The van der Waals surface area contributed by atoms with Crippen molar-refractivity contribution >= 4 is 29.4 Å². The number of carbonyl (C=O) groups is 3. The second-order valence-corrected chi connectivity index (χ2v) is 4.64. The maximum Gasteiger partial charge on any atom is 0.312 e. The molecule has 0 heterocycles. The number of halogens is 1. The van der Waals surface area contributed by atoms with E-state index >= 15 is 0 Å². The molecule has 0 bridgehead atoms. The lowest BCUT2D eigenvalue weighted by Crippen LogP contribution is -2.41. The minimum Gasteiger partial charge on any atom is -0.352 e. The van der Waals surface area contributed by atoms with Gasteiger partial charge in [0.2, 0.25) is 5.91 Å². The molecule has 114 valence electrons. The lowest BCUT2D eigenvalue weighted by Gasteiger charge is -2.08. The van der Waals surface area contributed by atoms with Crippen LogP contribution in [0, 0.1) is 0 Å². The average molecular weight is 313 g/mol. The number of primary amides is 1. The fourth-order valence-corrected chi connectivity index (χ4v) is 1.75. The molecule has 21 heavy (non-hydrogen) atoms. The van der Waals surface area contributed by atoms with Crippen molar-refractivity contribution in [3.05, 3.63) is 34.9 Å². The Hall–Kier alpha value is -2.28. The molecule has 0 aliphatic heterocycles. The predicted molar refractivity (Wildman–Crippen MR) is 78.5 cm³/mol. The first-order chi connectivity index (χ1) is 10.0. The lowest BCUT2D eigenvalue weighted by molar-refractivity contribution is -0.121. The van der Waals surface area contributed by atoms with E-state index in [2.05, 4.69) is 16.2 Å². The number of benzene rings is 1. The van der Waals surface area contributed by atoms with Crippen LogP contribution in [0.25, 0.3) is 0 Å². The molecule has 0 fully saturated rings. The monoisotopic (exact) mass is 312 g/mol. The maximum atomic E-state index is 11.7. The van der Waals surface area contributed by atoms with E-state index in [1.165, 1.54) is 0 Å². The topological polar surface area (TPSA) is 113 Å². The smallest absolute Gasteiger partial charge is 0.312 e. The van der Waals surface area contributed by atoms with Crippen LogP contribution in [0.1, 0.15) is 29.6 Å². The van der Waals surface area contributed by atoms with Gasteiger partial charge in [-0.05, 0) is 25.0 Å². The molecule has 7 nitrogen and oxygen atoms in total. The number of urea groups is 1. The zero-order chi connectivity index (χ0) is 15.7. The molecule has 0 saturated carbocycles. The fraction of sp³-hybridized carbons (Fsp3) is 0.308. The van der Waals surface area contributed by atoms with Crippen molar-refractivity contribution in [1.82, 2.24) is 16.2 Å². The van der Waals surface area contributed by atoms with E-state index in [0.29, 0.717) is 24.4 Å². The molecule has 1 aromatic rings. The van der Waals surface area contributed by atoms with Gasteiger partial charge < -0.3 is 11.1 Å². The second kappa shape index (κ2) is 8.80. The summed E-state index contributed by atoms with van der Waals surface area (Å²) >= 11 is 5.86. The molecule has 1 rings (SSSR count). The standard InChI is InChI=1S/C13H17ClN4O3/c14-10-6-2-1-5-9(10)12(20)18-17-11(19)7-3-4-8-16-13(15)21/h1-2,5-6H,3-4,7-8H2,(H,17,19)(H,18,20)(H3,15,16,21). The molecule has 0 saturated heterocycles. The number of hydrogen-bond acceptors (Lipinski definition) is 3. The molecule has 0 unspecified atom stereocenters. The zero-order valence-corrected chi connectivity index (χ0v) is 12.1. The van der Waals surface area contributed by atoms with Crippen LogP contribution in [0.5, 0.6) is 0 Å². The van der Waals surface area contributed by atoms with Crippen molar-refractivity contribution in [1.29, 1.82) is 0 Å². The Morgan fingerprint density at radius 1 is 1.10 bits per heavy atom. The van der Waals surface area contributed by atoms with E-state index in [1.54, 1.807) is 24.3 Å². The molecule has 0 aliphatic rings. The van der Waals surface area contributed by atoms with Crippen LogP contribution in [-0.2, 0) is 4.79 Å². The summed E-state index contributed by atoms with van der Waals surface area (Å²) in [4.78, 5) is 33.6. The van der Waals surface area contributed by atoms with Crippen LogP contribution >= 0.6 is 11.6 Å². The first kappa shape index (κ1) is 16.8. The number of amides is 4. The molecule has 0 spiro atoms. The molecular weight excluding hydrogens is 296 g/mol. The Labute approximate surface area is 127 Å². The Kier molecular flexibility index (Phi) is 7.03. The Bertz CT molecular complexity index is 522. The zero-order valence-electron chi connectivity index (χ0n) is 11.3. The van der Waals surface area contributed by atoms with E-state index in [-0.39, 0.29) is 17.9 Å². The highest BCUT2D eigenvalue weighted by Gasteiger charge is 2.10. The van der Waals surface area contributed by atoms with Crippen LogP contribution in [0.4, 0.5) is 4.79 Å². The Morgan fingerprint density at radius 3 is 2.48 bits per heavy atom. The number of unbranched alkanes of at least 4 members (excludes halogenated alkanes) is 1. The van der Waals surface area contributed by atoms with E-state index in [9.17, 15) is 14.4 Å². The van der Waals surface area contributed by atoms with Crippen LogP contribution in [0.15, 0.2) is 24.3 Å². The van der Waals surface area contributed by atoms with E-state index in [4.69, 9.17) is 17.3 Å². The summed E-state index contributed by atoms with van der Waals surface area (Å²) < 4.78 is 0.